The van der Waals surface area contributed by atoms with Gasteiger partial charge in [-0.2, -0.15) is 10.5 Å². The molecule has 33 heavy (non-hydrogen) atoms. The summed E-state index contributed by atoms with van der Waals surface area (Å²) in [5.74, 6) is 1.15. The SMILES string of the molecule is N#Cc1c(N)[nH+]c(SCc2ccccc2)c(C#N)c1-c1ccc(-c2ccccc2[N+](=O)[O-])o1. The number of nitrogens with zero attached hydrogens (tertiary/aromatic N) is 3. The minimum atomic E-state index is -0.493. The van der Waals surface area contributed by atoms with Crippen LogP contribution in [0.5, 0.6) is 0 Å². The van der Waals surface area contributed by atoms with Gasteiger partial charge in [-0.3, -0.25) is 15.8 Å². The molecule has 9 heteroatoms. The van der Waals surface area contributed by atoms with Crippen LogP contribution in [0.15, 0.2) is 76.2 Å². The standard InChI is InChI=1S/C24H15N5O3S/c25-12-17-22(21-11-10-20(32-21)16-8-4-5-9-19(16)29(30)31)18(13-26)24(28-23(17)27)33-14-15-6-2-1-3-7-15/h1-11H,14H2,(H2,27,28)/p+1. The van der Waals surface area contributed by atoms with Crippen LogP contribution in [0.1, 0.15) is 16.7 Å². The first-order valence-electron chi connectivity index (χ1n) is 9.73. The summed E-state index contributed by atoms with van der Waals surface area (Å²) in [7, 11) is 0. The van der Waals surface area contributed by atoms with Crippen LogP contribution in [0.25, 0.3) is 22.6 Å². The van der Waals surface area contributed by atoms with Gasteiger partial charge in [0.05, 0.1) is 16.1 Å². The molecule has 0 radical (unpaired) electrons. The van der Waals surface area contributed by atoms with Crippen LogP contribution in [-0.2, 0) is 5.75 Å². The van der Waals surface area contributed by atoms with E-state index < -0.39 is 4.92 Å². The summed E-state index contributed by atoms with van der Waals surface area (Å²) >= 11 is 1.38. The van der Waals surface area contributed by atoms with E-state index >= 15 is 0 Å². The molecule has 4 rings (SSSR count). The number of nitrogens with two attached hydrogens (primary N) is 1. The van der Waals surface area contributed by atoms with Crippen LogP contribution in [-0.4, -0.2) is 4.92 Å². The average molecular weight is 454 g/mol. The lowest BCUT2D eigenvalue weighted by Crippen LogP contribution is -2.18. The largest absolute Gasteiger partial charge is 0.456 e. The highest BCUT2D eigenvalue weighted by molar-refractivity contribution is 7.98. The molecule has 2 heterocycles. The van der Waals surface area contributed by atoms with E-state index in [2.05, 4.69) is 11.1 Å². The number of nitrogens with one attached hydrogen (secondary N) is 1. The Bertz CT molecular complexity index is 1430. The summed E-state index contributed by atoms with van der Waals surface area (Å²) in [5, 5.41) is 31.6. The summed E-state index contributed by atoms with van der Waals surface area (Å²) in [4.78, 5) is 13.9. The molecule has 0 spiro atoms. The number of pyridine rings is 1. The van der Waals surface area contributed by atoms with Crippen molar-refractivity contribution in [2.45, 2.75) is 10.8 Å². The van der Waals surface area contributed by atoms with Gasteiger partial charge in [0.25, 0.3) is 11.5 Å². The average Bonchev–Trinajstić information content (AvgIpc) is 3.32. The van der Waals surface area contributed by atoms with Crippen LogP contribution < -0.4 is 10.7 Å². The van der Waals surface area contributed by atoms with Gasteiger partial charge in [0.15, 0.2) is 10.6 Å². The van der Waals surface area contributed by atoms with E-state index in [1.807, 2.05) is 36.4 Å². The zero-order valence-electron chi connectivity index (χ0n) is 17.1. The summed E-state index contributed by atoms with van der Waals surface area (Å²) in [5.41, 5.74) is 7.88. The first-order valence-corrected chi connectivity index (χ1v) is 10.7. The first-order chi connectivity index (χ1) is 16.0. The monoisotopic (exact) mass is 454 g/mol. The molecule has 0 aliphatic carbocycles. The maximum Gasteiger partial charge on any atom is 0.289 e. The van der Waals surface area contributed by atoms with E-state index in [-0.39, 0.29) is 39.7 Å². The minimum Gasteiger partial charge on any atom is -0.456 e. The topological polar surface area (TPSA) is 144 Å². The van der Waals surface area contributed by atoms with Crippen LogP contribution in [0.2, 0.25) is 0 Å². The quantitative estimate of drug-likeness (QED) is 0.246. The van der Waals surface area contributed by atoms with Gasteiger partial charge < -0.3 is 4.42 Å². The molecule has 0 aliphatic heterocycles. The summed E-state index contributed by atoms with van der Waals surface area (Å²) < 4.78 is 5.92. The van der Waals surface area contributed by atoms with E-state index in [9.17, 15) is 20.6 Å². The van der Waals surface area contributed by atoms with Crippen molar-refractivity contribution in [2.24, 2.45) is 0 Å². The number of hydrogen-bond acceptors (Lipinski definition) is 7. The third kappa shape index (κ3) is 4.26. The number of benzene rings is 2. The third-order valence-electron chi connectivity index (χ3n) is 4.91. The van der Waals surface area contributed by atoms with Gasteiger partial charge in [-0.05, 0) is 23.8 Å². The second-order valence-electron chi connectivity index (χ2n) is 6.93. The number of nitro groups is 1. The molecule has 0 fully saturated rings. The molecule has 0 saturated heterocycles. The second-order valence-corrected chi connectivity index (χ2v) is 7.91. The molecular weight excluding hydrogens is 438 g/mol. The fourth-order valence-electron chi connectivity index (χ4n) is 3.39. The second kappa shape index (κ2) is 9.27. The van der Waals surface area contributed by atoms with E-state index in [0.29, 0.717) is 16.3 Å². The highest BCUT2D eigenvalue weighted by atomic mass is 32.2. The van der Waals surface area contributed by atoms with E-state index in [0.717, 1.165) is 5.56 Å². The van der Waals surface area contributed by atoms with Crippen LogP contribution in [0.4, 0.5) is 11.5 Å². The molecule has 8 nitrogen and oxygen atoms in total. The number of rotatable bonds is 6. The maximum atomic E-state index is 11.4. The number of aromatic amines is 1. The normalized spacial score (nSPS) is 10.4. The summed E-state index contributed by atoms with van der Waals surface area (Å²) in [6.45, 7) is 0. The fraction of sp³-hybridized carbons (Fsp3) is 0.0417. The number of anilines is 1. The van der Waals surface area contributed by atoms with Gasteiger partial charge in [-0.1, -0.05) is 54.2 Å². The maximum absolute atomic E-state index is 11.4. The Labute approximate surface area is 193 Å². The molecule has 0 aliphatic rings. The van der Waals surface area contributed by atoms with Crippen molar-refractivity contribution in [1.29, 1.82) is 10.5 Å². The number of nitrogen functional groups attached to an aromatic ring is 1. The summed E-state index contributed by atoms with van der Waals surface area (Å²) in [6.07, 6.45) is 0. The van der Waals surface area contributed by atoms with Gasteiger partial charge in [0, 0.05) is 11.8 Å². The highest BCUT2D eigenvalue weighted by Gasteiger charge is 2.27. The molecule has 0 bridgehead atoms. The molecule has 4 aromatic rings. The van der Waals surface area contributed by atoms with Gasteiger partial charge in [0.2, 0.25) is 0 Å². The number of aromatic nitrogens is 1. The van der Waals surface area contributed by atoms with Crippen molar-refractivity contribution in [3.63, 3.8) is 0 Å². The number of thioether (sulfide) groups is 1. The highest BCUT2D eigenvalue weighted by Crippen LogP contribution is 2.38. The Morgan fingerprint density at radius 2 is 1.64 bits per heavy atom. The van der Waals surface area contributed by atoms with Crippen molar-refractivity contribution in [2.75, 3.05) is 5.73 Å². The van der Waals surface area contributed by atoms with E-state index in [4.69, 9.17) is 10.2 Å². The van der Waals surface area contributed by atoms with Crippen molar-refractivity contribution in [3.8, 4) is 34.8 Å². The number of H-pyrrole nitrogens is 1. The van der Waals surface area contributed by atoms with Gasteiger partial charge in [-0.25, -0.2) is 4.98 Å². The molecule has 0 unspecified atom stereocenters. The lowest BCUT2D eigenvalue weighted by atomic mass is 10.0. The number of para-hydroxylation sites is 1. The molecule has 3 N–H and O–H groups in total. The smallest absolute Gasteiger partial charge is 0.289 e. The van der Waals surface area contributed by atoms with Crippen LogP contribution in [0.3, 0.4) is 0 Å². The Hall–Kier alpha value is -4.60. The van der Waals surface area contributed by atoms with Crippen LogP contribution >= 0.6 is 11.8 Å². The molecular formula is C24H16N5O3S+. The zero-order chi connectivity index (χ0) is 23.4. The van der Waals surface area contributed by atoms with Gasteiger partial charge in [-0.15, -0.1) is 0 Å². The van der Waals surface area contributed by atoms with E-state index in [1.165, 1.54) is 17.8 Å². The lowest BCUT2D eigenvalue weighted by Gasteiger charge is -2.08. The first kappa shape index (κ1) is 21.6. The molecule has 2 aromatic heterocycles. The third-order valence-corrected chi connectivity index (χ3v) is 5.99. The Morgan fingerprint density at radius 1 is 0.970 bits per heavy atom. The predicted octanol–water partition coefficient (Wildman–Crippen LogP) is 4.95. The molecule has 2 aromatic carbocycles. The van der Waals surface area contributed by atoms with Crippen molar-refractivity contribution < 1.29 is 14.3 Å². The minimum absolute atomic E-state index is 0.0686. The fourth-order valence-corrected chi connectivity index (χ4v) is 4.36. The van der Waals surface area contributed by atoms with Crippen molar-refractivity contribution >= 4 is 23.3 Å². The number of nitro benzene ring substituents is 1. The number of hydrogen-bond donors (Lipinski definition) is 1. The van der Waals surface area contributed by atoms with Crippen molar-refractivity contribution in [3.05, 3.63) is 93.5 Å². The van der Waals surface area contributed by atoms with Crippen LogP contribution in [0, 0.1) is 32.8 Å². The molecule has 0 saturated carbocycles. The van der Waals surface area contributed by atoms with Crippen molar-refractivity contribution in [1.82, 2.24) is 0 Å². The predicted molar refractivity (Wildman–Crippen MR) is 123 cm³/mol. The lowest BCUT2D eigenvalue weighted by molar-refractivity contribution is -0.410. The zero-order valence-corrected chi connectivity index (χ0v) is 17.9. The molecule has 0 atom stereocenters. The van der Waals surface area contributed by atoms with Gasteiger partial charge in [0.1, 0.15) is 29.2 Å². The Kier molecular flexibility index (Phi) is 6.07. The Balaban J connectivity index is 1.81. The molecule has 160 valence electrons. The molecule has 0 amide bonds. The summed E-state index contributed by atoms with van der Waals surface area (Å²) in [6, 6.07) is 23.2. The van der Waals surface area contributed by atoms with Gasteiger partial charge >= 0.3 is 0 Å². The number of furan rings is 1. The Morgan fingerprint density at radius 3 is 2.33 bits per heavy atom. The number of nitriles is 2. The van der Waals surface area contributed by atoms with E-state index in [1.54, 1.807) is 30.3 Å².